The number of rotatable bonds is 4. The minimum Gasteiger partial charge on any atom is -0.345 e. The third-order valence-corrected chi connectivity index (χ3v) is 3.88. The maximum atomic E-state index is 12.7. The number of carbonyl (C=O) groups excluding carboxylic acids is 1. The summed E-state index contributed by atoms with van der Waals surface area (Å²) >= 11 is 0. The summed E-state index contributed by atoms with van der Waals surface area (Å²) in [6.07, 6.45) is 1.66. The predicted octanol–water partition coefficient (Wildman–Crippen LogP) is 3.33. The van der Waals surface area contributed by atoms with Gasteiger partial charge in [0.05, 0.1) is 17.3 Å². The molecule has 1 heterocycles. The highest BCUT2D eigenvalue weighted by molar-refractivity contribution is 5.98. The number of pyridine rings is 1. The Kier molecular flexibility index (Phi) is 4.57. The van der Waals surface area contributed by atoms with Crippen molar-refractivity contribution in [3.05, 3.63) is 100 Å². The molecule has 0 aliphatic rings. The van der Waals surface area contributed by atoms with Gasteiger partial charge in [-0.05, 0) is 30.7 Å². The molecule has 4 heteroatoms. The Morgan fingerprint density at radius 3 is 2.33 bits per heavy atom. The Morgan fingerprint density at radius 2 is 1.58 bits per heavy atom. The highest BCUT2D eigenvalue weighted by Gasteiger charge is 2.15. The minimum absolute atomic E-state index is 0.126. The summed E-state index contributed by atoms with van der Waals surface area (Å²) in [5.74, 6) is -0.210. The molecule has 3 rings (SSSR count). The van der Waals surface area contributed by atoms with Gasteiger partial charge in [0.1, 0.15) is 0 Å². The molecule has 1 unspecified atom stereocenters. The van der Waals surface area contributed by atoms with Crippen LogP contribution in [0.25, 0.3) is 5.69 Å². The largest absolute Gasteiger partial charge is 0.345 e. The highest BCUT2D eigenvalue weighted by Crippen LogP contribution is 2.16. The first-order valence-corrected chi connectivity index (χ1v) is 7.80. The summed E-state index contributed by atoms with van der Waals surface area (Å²) in [4.78, 5) is 24.8. The maximum Gasteiger partial charge on any atom is 0.255 e. The van der Waals surface area contributed by atoms with Crippen molar-refractivity contribution >= 4 is 5.91 Å². The van der Waals surface area contributed by atoms with E-state index in [0.29, 0.717) is 11.3 Å². The number of hydrogen-bond donors (Lipinski definition) is 1. The molecule has 120 valence electrons. The smallest absolute Gasteiger partial charge is 0.255 e. The minimum atomic E-state index is -0.210. The third kappa shape index (κ3) is 3.27. The van der Waals surface area contributed by atoms with Gasteiger partial charge in [0, 0.05) is 12.3 Å². The van der Waals surface area contributed by atoms with Crippen LogP contribution in [0.15, 0.2) is 83.8 Å². The standard InChI is InChI=1S/C20H18N2O2/c1-15(16-9-3-2-4-10-16)21-20(24)17-11-5-6-12-18(17)22-14-8-7-13-19(22)23/h2-15H,1H3,(H,21,24). The van der Waals surface area contributed by atoms with Crippen LogP contribution in [0.3, 0.4) is 0 Å². The van der Waals surface area contributed by atoms with Gasteiger partial charge in [0.15, 0.2) is 0 Å². The van der Waals surface area contributed by atoms with Crippen LogP contribution >= 0.6 is 0 Å². The first-order chi connectivity index (χ1) is 11.7. The van der Waals surface area contributed by atoms with Crippen molar-refractivity contribution in [2.24, 2.45) is 0 Å². The molecule has 0 spiro atoms. The van der Waals surface area contributed by atoms with Crippen molar-refractivity contribution < 1.29 is 4.79 Å². The van der Waals surface area contributed by atoms with Gasteiger partial charge in [-0.3, -0.25) is 14.2 Å². The zero-order valence-corrected chi connectivity index (χ0v) is 13.3. The zero-order chi connectivity index (χ0) is 16.9. The van der Waals surface area contributed by atoms with Crippen molar-refractivity contribution in [1.82, 2.24) is 9.88 Å². The molecule has 1 N–H and O–H groups in total. The Bertz CT molecular complexity index is 901. The number of nitrogens with one attached hydrogen (secondary N) is 1. The molecule has 0 radical (unpaired) electrons. The van der Waals surface area contributed by atoms with Gasteiger partial charge in [-0.25, -0.2) is 0 Å². The fourth-order valence-electron chi connectivity index (χ4n) is 2.60. The Hall–Kier alpha value is -3.14. The summed E-state index contributed by atoms with van der Waals surface area (Å²) in [5.41, 5.74) is 1.89. The van der Waals surface area contributed by atoms with E-state index in [-0.39, 0.29) is 17.5 Å². The lowest BCUT2D eigenvalue weighted by Crippen LogP contribution is -2.28. The number of carbonyl (C=O) groups is 1. The molecule has 3 aromatic rings. The van der Waals surface area contributed by atoms with Crippen molar-refractivity contribution in [3.63, 3.8) is 0 Å². The van der Waals surface area contributed by atoms with Crippen LogP contribution in [-0.4, -0.2) is 10.5 Å². The maximum absolute atomic E-state index is 12.7. The predicted molar refractivity (Wildman–Crippen MR) is 94.4 cm³/mol. The topological polar surface area (TPSA) is 51.1 Å². The van der Waals surface area contributed by atoms with Gasteiger partial charge in [0.2, 0.25) is 0 Å². The van der Waals surface area contributed by atoms with Crippen LogP contribution in [0, 0.1) is 0 Å². The van der Waals surface area contributed by atoms with E-state index >= 15 is 0 Å². The fraction of sp³-hybridized carbons (Fsp3) is 0.100. The van der Waals surface area contributed by atoms with Gasteiger partial charge in [-0.15, -0.1) is 0 Å². The number of nitrogens with zero attached hydrogens (tertiary/aromatic N) is 1. The summed E-state index contributed by atoms with van der Waals surface area (Å²) in [6, 6.07) is 21.6. The van der Waals surface area contributed by atoms with Crippen LogP contribution in [-0.2, 0) is 0 Å². The number of amides is 1. The Labute approximate surface area is 140 Å². The van der Waals surface area contributed by atoms with Crippen molar-refractivity contribution in [2.45, 2.75) is 13.0 Å². The molecule has 0 aliphatic carbocycles. The van der Waals surface area contributed by atoms with E-state index < -0.39 is 0 Å². The quantitative estimate of drug-likeness (QED) is 0.802. The number of benzene rings is 2. The van der Waals surface area contributed by atoms with Crippen molar-refractivity contribution in [1.29, 1.82) is 0 Å². The SMILES string of the molecule is CC(NC(=O)c1ccccc1-n1ccccc1=O)c1ccccc1. The normalized spacial score (nSPS) is 11.7. The number of aromatic nitrogens is 1. The van der Waals surface area contributed by atoms with Gasteiger partial charge in [-0.2, -0.15) is 0 Å². The average molecular weight is 318 g/mol. The van der Waals surface area contributed by atoms with Gasteiger partial charge in [0.25, 0.3) is 11.5 Å². The van der Waals surface area contributed by atoms with Gasteiger partial charge >= 0.3 is 0 Å². The molecule has 0 saturated heterocycles. The molecular weight excluding hydrogens is 300 g/mol. The molecule has 4 nitrogen and oxygen atoms in total. The zero-order valence-electron chi connectivity index (χ0n) is 13.3. The summed E-state index contributed by atoms with van der Waals surface area (Å²) in [7, 11) is 0. The van der Waals surface area contributed by atoms with E-state index in [4.69, 9.17) is 0 Å². The molecular formula is C20H18N2O2. The highest BCUT2D eigenvalue weighted by atomic mass is 16.2. The van der Waals surface area contributed by atoms with Crippen LogP contribution in [0.1, 0.15) is 28.9 Å². The molecule has 2 aromatic carbocycles. The second-order valence-electron chi connectivity index (χ2n) is 5.53. The van der Waals surface area contributed by atoms with E-state index in [9.17, 15) is 9.59 Å². The van der Waals surface area contributed by atoms with E-state index in [1.54, 1.807) is 36.5 Å². The molecule has 1 aromatic heterocycles. The lowest BCUT2D eigenvalue weighted by Gasteiger charge is -2.16. The monoisotopic (exact) mass is 318 g/mol. The van der Waals surface area contributed by atoms with E-state index in [2.05, 4.69) is 5.32 Å². The second kappa shape index (κ2) is 6.96. The lowest BCUT2D eigenvalue weighted by molar-refractivity contribution is 0.0940. The Balaban J connectivity index is 1.92. The van der Waals surface area contributed by atoms with Crippen molar-refractivity contribution in [2.75, 3.05) is 0 Å². The van der Waals surface area contributed by atoms with Crippen LogP contribution in [0.2, 0.25) is 0 Å². The number of para-hydroxylation sites is 1. The molecule has 1 amide bonds. The summed E-state index contributed by atoms with van der Waals surface area (Å²) in [5, 5.41) is 2.99. The summed E-state index contributed by atoms with van der Waals surface area (Å²) in [6.45, 7) is 1.94. The third-order valence-electron chi connectivity index (χ3n) is 3.88. The van der Waals surface area contributed by atoms with Crippen LogP contribution in [0.4, 0.5) is 0 Å². The molecule has 0 aliphatic heterocycles. The molecule has 24 heavy (non-hydrogen) atoms. The number of hydrogen-bond acceptors (Lipinski definition) is 2. The fourth-order valence-corrected chi connectivity index (χ4v) is 2.60. The van der Waals surface area contributed by atoms with E-state index in [0.717, 1.165) is 5.56 Å². The molecule has 0 bridgehead atoms. The van der Waals surface area contributed by atoms with Gasteiger partial charge < -0.3 is 5.32 Å². The first kappa shape index (κ1) is 15.7. The summed E-state index contributed by atoms with van der Waals surface area (Å²) < 4.78 is 1.47. The first-order valence-electron chi connectivity index (χ1n) is 7.80. The molecule has 0 saturated carbocycles. The van der Waals surface area contributed by atoms with Crippen LogP contribution in [0.5, 0.6) is 0 Å². The van der Waals surface area contributed by atoms with E-state index in [1.807, 2.05) is 43.3 Å². The average Bonchev–Trinajstić information content (AvgIpc) is 2.63. The molecule has 0 fully saturated rings. The Morgan fingerprint density at radius 1 is 0.917 bits per heavy atom. The van der Waals surface area contributed by atoms with Crippen molar-refractivity contribution in [3.8, 4) is 5.69 Å². The lowest BCUT2D eigenvalue weighted by atomic mass is 10.1. The second-order valence-corrected chi connectivity index (χ2v) is 5.53. The van der Waals surface area contributed by atoms with E-state index in [1.165, 1.54) is 10.6 Å². The van der Waals surface area contributed by atoms with Crippen LogP contribution < -0.4 is 10.9 Å². The van der Waals surface area contributed by atoms with Gasteiger partial charge in [-0.1, -0.05) is 48.5 Å². The molecule has 1 atom stereocenters.